The van der Waals surface area contributed by atoms with Crippen LogP contribution in [0.1, 0.15) is 24.4 Å². The van der Waals surface area contributed by atoms with E-state index in [1.807, 2.05) is 0 Å². The van der Waals surface area contributed by atoms with E-state index in [0.29, 0.717) is 18.4 Å². The van der Waals surface area contributed by atoms with Gasteiger partial charge in [0.15, 0.2) is 0 Å². The number of hydrogen-bond donors (Lipinski definition) is 2. The monoisotopic (exact) mass is 283 g/mol. The smallest absolute Gasteiger partial charge is 0.404 e. The minimum Gasteiger partial charge on any atom is -0.404 e. The van der Waals surface area contributed by atoms with Gasteiger partial charge in [-0.05, 0) is 30.5 Å². The molecule has 0 radical (unpaired) electrons. The Labute approximate surface area is 107 Å². The van der Waals surface area contributed by atoms with E-state index in [1.54, 1.807) is 0 Å². The maximum atomic E-state index is 12.0. The fraction of sp³-hybridized carbons (Fsp3) is 0.455. The van der Waals surface area contributed by atoms with Crippen LogP contribution in [0.3, 0.4) is 0 Å². The van der Waals surface area contributed by atoms with E-state index in [0.717, 1.165) is 6.07 Å². The Morgan fingerprint density at radius 2 is 2.06 bits per heavy atom. The zero-order valence-electron chi connectivity index (χ0n) is 9.38. The van der Waals surface area contributed by atoms with Gasteiger partial charge in [0.05, 0.1) is 5.02 Å². The lowest BCUT2D eigenvalue weighted by Gasteiger charge is -2.14. The molecular weight excluding hydrogens is 271 g/mol. The highest BCUT2D eigenvalue weighted by Gasteiger charge is 2.32. The number of alkyl halides is 3. The van der Waals surface area contributed by atoms with Crippen molar-refractivity contribution in [2.75, 3.05) is 6.61 Å². The first-order chi connectivity index (χ1) is 8.33. The first-order valence-electron chi connectivity index (χ1n) is 5.25. The molecule has 0 saturated carbocycles. The number of rotatable bonds is 5. The lowest BCUT2D eigenvalue weighted by molar-refractivity contribution is -0.274. The molecule has 0 amide bonds. The van der Waals surface area contributed by atoms with Gasteiger partial charge >= 0.3 is 6.36 Å². The van der Waals surface area contributed by atoms with Crippen molar-refractivity contribution in [1.29, 1.82) is 0 Å². The van der Waals surface area contributed by atoms with E-state index in [2.05, 4.69) is 4.74 Å². The molecule has 7 heteroatoms. The lowest BCUT2D eigenvalue weighted by Crippen LogP contribution is -2.17. The van der Waals surface area contributed by atoms with Crippen LogP contribution in [0.2, 0.25) is 5.02 Å². The first-order valence-corrected chi connectivity index (χ1v) is 5.63. The number of aliphatic hydroxyl groups excluding tert-OH is 1. The third-order valence-corrected chi connectivity index (χ3v) is 2.58. The van der Waals surface area contributed by atoms with Crippen molar-refractivity contribution in [2.45, 2.75) is 25.2 Å². The molecule has 0 unspecified atom stereocenters. The van der Waals surface area contributed by atoms with Crippen LogP contribution in [0.5, 0.6) is 5.75 Å². The number of benzene rings is 1. The summed E-state index contributed by atoms with van der Waals surface area (Å²) in [4.78, 5) is 0. The standard InChI is InChI=1S/C11H13ClF3NO2/c12-8-6-7(9(16)2-1-5-17)3-4-10(8)18-11(13,14)15/h3-4,6,9,17H,1-2,5,16H2/t9-/m1/s1. The zero-order valence-corrected chi connectivity index (χ0v) is 10.1. The van der Waals surface area contributed by atoms with Gasteiger partial charge < -0.3 is 15.6 Å². The van der Waals surface area contributed by atoms with Crippen LogP contribution in [0.25, 0.3) is 0 Å². The molecule has 0 fully saturated rings. The molecule has 0 aliphatic carbocycles. The predicted molar refractivity (Wildman–Crippen MR) is 61.4 cm³/mol. The highest BCUT2D eigenvalue weighted by Crippen LogP contribution is 2.32. The van der Waals surface area contributed by atoms with Gasteiger partial charge in [-0.15, -0.1) is 13.2 Å². The fourth-order valence-corrected chi connectivity index (χ4v) is 1.66. The quantitative estimate of drug-likeness (QED) is 0.873. The van der Waals surface area contributed by atoms with Gasteiger partial charge in [0.1, 0.15) is 5.75 Å². The molecule has 1 atom stereocenters. The summed E-state index contributed by atoms with van der Waals surface area (Å²) < 4.78 is 39.8. The maximum absolute atomic E-state index is 12.0. The summed E-state index contributed by atoms with van der Waals surface area (Å²) in [6.07, 6.45) is -3.74. The Balaban J connectivity index is 2.79. The number of aliphatic hydroxyl groups is 1. The normalized spacial score (nSPS) is 13.4. The van der Waals surface area contributed by atoms with Gasteiger partial charge in [-0.25, -0.2) is 0 Å². The molecule has 1 rings (SSSR count). The van der Waals surface area contributed by atoms with E-state index in [1.165, 1.54) is 12.1 Å². The molecule has 0 saturated heterocycles. The van der Waals surface area contributed by atoms with Crippen LogP contribution < -0.4 is 10.5 Å². The number of halogens is 4. The van der Waals surface area contributed by atoms with E-state index in [4.69, 9.17) is 22.4 Å². The van der Waals surface area contributed by atoms with E-state index in [-0.39, 0.29) is 17.7 Å². The van der Waals surface area contributed by atoms with Gasteiger partial charge in [0.2, 0.25) is 0 Å². The molecule has 0 bridgehead atoms. The fourth-order valence-electron chi connectivity index (χ4n) is 1.43. The minimum atomic E-state index is -4.77. The summed E-state index contributed by atoms with van der Waals surface area (Å²) in [5.74, 6) is -0.456. The van der Waals surface area contributed by atoms with Crippen LogP contribution in [0, 0.1) is 0 Å². The summed E-state index contributed by atoms with van der Waals surface area (Å²) in [5, 5.41) is 8.51. The molecule has 3 nitrogen and oxygen atoms in total. The van der Waals surface area contributed by atoms with Gasteiger partial charge in [-0.1, -0.05) is 17.7 Å². The molecule has 0 aliphatic rings. The van der Waals surface area contributed by atoms with Crippen molar-refractivity contribution >= 4 is 11.6 Å². The Morgan fingerprint density at radius 1 is 1.39 bits per heavy atom. The average Bonchev–Trinajstić information content (AvgIpc) is 2.27. The third kappa shape index (κ3) is 4.72. The molecule has 0 spiro atoms. The molecule has 1 aromatic carbocycles. The van der Waals surface area contributed by atoms with Crippen molar-refractivity contribution in [3.05, 3.63) is 28.8 Å². The van der Waals surface area contributed by atoms with Crippen molar-refractivity contribution in [3.63, 3.8) is 0 Å². The second-order valence-corrected chi connectivity index (χ2v) is 4.12. The zero-order chi connectivity index (χ0) is 13.8. The summed E-state index contributed by atoms with van der Waals surface area (Å²) >= 11 is 5.68. The maximum Gasteiger partial charge on any atom is 0.573 e. The molecule has 18 heavy (non-hydrogen) atoms. The summed E-state index contributed by atoms with van der Waals surface area (Å²) in [7, 11) is 0. The third-order valence-electron chi connectivity index (χ3n) is 2.28. The first kappa shape index (κ1) is 15.1. The van der Waals surface area contributed by atoms with Gasteiger partial charge in [-0.3, -0.25) is 0 Å². The van der Waals surface area contributed by atoms with E-state index in [9.17, 15) is 13.2 Å². The Hall–Kier alpha value is -0.980. The Kier molecular flexibility index (Phi) is 5.25. The van der Waals surface area contributed by atoms with Crippen molar-refractivity contribution in [2.24, 2.45) is 5.73 Å². The minimum absolute atomic E-state index is 0.0106. The van der Waals surface area contributed by atoms with Crippen LogP contribution in [0.4, 0.5) is 13.2 Å². The largest absolute Gasteiger partial charge is 0.573 e. The van der Waals surface area contributed by atoms with Gasteiger partial charge in [0.25, 0.3) is 0 Å². The summed E-state index contributed by atoms with van der Waals surface area (Å²) in [6.45, 7) is 0.0106. The van der Waals surface area contributed by atoms with Crippen LogP contribution in [-0.2, 0) is 0 Å². The molecule has 0 aliphatic heterocycles. The SMILES string of the molecule is N[C@H](CCCO)c1ccc(OC(F)(F)F)c(Cl)c1. The molecule has 3 N–H and O–H groups in total. The number of hydrogen-bond acceptors (Lipinski definition) is 3. The van der Waals surface area contributed by atoms with E-state index < -0.39 is 12.1 Å². The topological polar surface area (TPSA) is 55.5 Å². The number of ether oxygens (including phenoxy) is 1. The van der Waals surface area contributed by atoms with E-state index >= 15 is 0 Å². The predicted octanol–water partition coefficient (Wildman–Crippen LogP) is 3.01. The molecular formula is C11H13ClF3NO2. The van der Waals surface area contributed by atoms with Crippen molar-refractivity contribution in [1.82, 2.24) is 0 Å². The lowest BCUT2D eigenvalue weighted by atomic mass is 10.0. The molecule has 102 valence electrons. The van der Waals surface area contributed by atoms with Gasteiger partial charge in [-0.2, -0.15) is 0 Å². The Morgan fingerprint density at radius 3 is 2.56 bits per heavy atom. The molecule has 1 aromatic rings. The highest BCUT2D eigenvalue weighted by atomic mass is 35.5. The van der Waals surface area contributed by atoms with Crippen molar-refractivity contribution in [3.8, 4) is 5.75 Å². The van der Waals surface area contributed by atoms with Crippen LogP contribution in [-0.4, -0.2) is 18.1 Å². The average molecular weight is 284 g/mol. The highest BCUT2D eigenvalue weighted by molar-refractivity contribution is 6.32. The molecule has 0 aromatic heterocycles. The molecule has 0 heterocycles. The van der Waals surface area contributed by atoms with Crippen LogP contribution in [0.15, 0.2) is 18.2 Å². The second-order valence-electron chi connectivity index (χ2n) is 3.71. The van der Waals surface area contributed by atoms with Crippen LogP contribution >= 0.6 is 11.6 Å². The van der Waals surface area contributed by atoms with Crippen molar-refractivity contribution < 1.29 is 23.0 Å². The summed E-state index contributed by atoms with van der Waals surface area (Å²) in [5.41, 5.74) is 6.39. The van der Waals surface area contributed by atoms with Gasteiger partial charge in [0, 0.05) is 12.6 Å². The second kappa shape index (κ2) is 6.26. The summed E-state index contributed by atoms with van der Waals surface area (Å²) in [6, 6.07) is 3.51. The number of nitrogens with two attached hydrogens (primary N) is 1. The Bertz CT molecular complexity index is 398.